The van der Waals surface area contributed by atoms with Crippen LogP contribution in [0.25, 0.3) is 4.85 Å². The molecule has 5 nitrogen and oxygen atoms in total. The number of ether oxygens (including phenoxy) is 2. The first kappa shape index (κ1) is 19.3. The van der Waals surface area contributed by atoms with Gasteiger partial charge in [-0.25, -0.2) is 16.3 Å². The van der Waals surface area contributed by atoms with Crippen molar-refractivity contribution in [2.75, 3.05) is 7.05 Å². The van der Waals surface area contributed by atoms with E-state index >= 15 is 0 Å². The third-order valence-electron chi connectivity index (χ3n) is 4.56. The highest BCUT2D eigenvalue weighted by Gasteiger charge is 2.48. The number of benzene rings is 1. The quantitative estimate of drug-likeness (QED) is 0.748. The minimum absolute atomic E-state index is 0.127. The van der Waals surface area contributed by atoms with E-state index in [1.165, 1.54) is 4.90 Å². The average molecular weight is 344 g/mol. The van der Waals surface area contributed by atoms with Crippen molar-refractivity contribution in [3.05, 3.63) is 47.3 Å². The number of hydrogen-bond donors (Lipinski definition) is 0. The molecule has 5 heteroatoms. The lowest BCUT2D eigenvalue weighted by molar-refractivity contribution is -0.0273. The summed E-state index contributed by atoms with van der Waals surface area (Å²) in [7, 11) is 1.66. The summed E-state index contributed by atoms with van der Waals surface area (Å²) in [4.78, 5) is 17.6. The fourth-order valence-corrected chi connectivity index (χ4v) is 3.03. The molecule has 1 aliphatic rings. The molecule has 0 bridgehead atoms. The van der Waals surface area contributed by atoms with Gasteiger partial charge in [-0.2, -0.15) is 0 Å². The summed E-state index contributed by atoms with van der Waals surface area (Å²) in [5, 5.41) is 0. The van der Waals surface area contributed by atoms with E-state index < -0.39 is 17.4 Å². The molecule has 1 fully saturated rings. The summed E-state index contributed by atoms with van der Waals surface area (Å²) in [6.45, 7) is 13.7. The number of rotatable bonds is 4. The smallest absolute Gasteiger partial charge is 0.416 e. The minimum Gasteiger partial charge on any atom is -0.444 e. The van der Waals surface area contributed by atoms with Crippen LogP contribution in [0.4, 0.5) is 4.79 Å². The van der Waals surface area contributed by atoms with E-state index in [0.717, 1.165) is 18.4 Å². The Morgan fingerprint density at radius 2 is 1.88 bits per heavy atom. The normalized spacial score (nSPS) is 23.6. The van der Waals surface area contributed by atoms with Crippen molar-refractivity contribution in [3.63, 3.8) is 0 Å². The highest BCUT2D eigenvalue weighted by atomic mass is 16.6. The molecule has 1 aromatic carbocycles. The van der Waals surface area contributed by atoms with Gasteiger partial charge in [-0.3, -0.25) is 4.85 Å². The van der Waals surface area contributed by atoms with Gasteiger partial charge in [0.25, 0.3) is 0 Å². The van der Waals surface area contributed by atoms with Crippen molar-refractivity contribution in [2.24, 2.45) is 0 Å². The van der Waals surface area contributed by atoms with E-state index in [1.807, 2.05) is 51.1 Å². The molecule has 1 aliphatic carbocycles. The molecule has 0 aliphatic heterocycles. The molecule has 0 saturated heterocycles. The fourth-order valence-electron chi connectivity index (χ4n) is 3.03. The molecule has 0 unspecified atom stereocenters. The number of hydrogen-bond acceptors (Lipinski definition) is 3. The zero-order chi connectivity index (χ0) is 18.5. The maximum atomic E-state index is 12.3. The van der Waals surface area contributed by atoms with Crippen molar-refractivity contribution < 1.29 is 14.3 Å². The van der Waals surface area contributed by atoms with E-state index in [-0.39, 0.29) is 6.10 Å². The molecule has 0 atom stereocenters. The van der Waals surface area contributed by atoms with Crippen LogP contribution in [0.1, 0.15) is 52.0 Å². The summed E-state index contributed by atoms with van der Waals surface area (Å²) >= 11 is 0. The monoisotopic (exact) mass is 344 g/mol. The molecule has 0 spiro atoms. The van der Waals surface area contributed by atoms with Crippen molar-refractivity contribution in [3.8, 4) is 0 Å². The van der Waals surface area contributed by atoms with Crippen LogP contribution < -0.4 is 0 Å². The topological polar surface area (TPSA) is 43.1 Å². The lowest BCUT2D eigenvalue weighted by Gasteiger charge is -2.37. The van der Waals surface area contributed by atoms with Crippen LogP contribution in [0, 0.1) is 6.57 Å². The van der Waals surface area contributed by atoms with Crippen LogP contribution in [0.15, 0.2) is 30.3 Å². The Kier molecular flexibility index (Phi) is 6.07. The highest BCUT2D eigenvalue weighted by Crippen LogP contribution is 2.36. The fraction of sp³-hybridized carbons (Fsp3) is 0.600. The first-order valence-corrected chi connectivity index (χ1v) is 8.77. The maximum Gasteiger partial charge on any atom is 0.416 e. The van der Waals surface area contributed by atoms with Crippen LogP contribution in [-0.2, 0) is 16.1 Å². The Labute approximate surface area is 150 Å². The van der Waals surface area contributed by atoms with Crippen LogP contribution in [0.2, 0.25) is 0 Å². The van der Waals surface area contributed by atoms with Gasteiger partial charge in [0.05, 0.1) is 12.7 Å². The SMILES string of the molecule is [C-]#[N+]C1(N(C)C(=O)OC(C)(C)C)CCC(OCc2ccccc2)CC1. The molecule has 136 valence electrons. The standard InChI is InChI=1S/C20H28N2O3/c1-19(2,3)25-18(23)22(5)20(21-4)13-11-17(12-14-20)24-15-16-9-7-6-8-10-16/h6-10,17H,11-15H2,1-3,5H3. The summed E-state index contributed by atoms with van der Waals surface area (Å²) < 4.78 is 11.4. The van der Waals surface area contributed by atoms with Crippen LogP contribution in [-0.4, -0.2) is 35.4 Å². The van der Waals surface area contributed by atoms with Crippen LogP contribution >= 0.6 is 0 Å². The third kappa shape index (κ3) is 5.20. The van der Waals surface area contributed by atoms with Gasteiger partial charge in [0, 0.05) is 19.9 Å². The molecule has 0 N–H and O–H groups in total. The van der Waals surface area contributed by atoms with Gasteiger partial charge in [-0.05, 0) is 39.2 Å². The molecule has 1 aromatic rings. The van der Waals surface area contributed by atoms with Gasteiger partial charge >= 0.3 is 11.8 Å². The summed E-state index contributed by atoms with van der Waals surface area (Å²) in [6.07, 6.45) is 2.43. The van der Waals surface area contributed by atoms with Crippen molar-refractivity contribution in [1.82, 2.24) is 4.90 Å². The molecule has 1 amide bonds. The number of carbonyl (C=O) groups excluding carboxylic acids is 1. The van der Waals surface area contributed by atoms with Crippen molar-refractivity contribution >= 4 is 6.09 Å². The Morgan fingerprint density at radius 3 is 2.40 bits per heavy atom. The van der Waals surface area contributed by atoms with Gasteiger partial charge in [0.2, 0.25) is 0 Å². The van der Waals surface area contributed by atoms with Crippen molar-refractivity contribution in [2.45, 2.75) is 70.4 Å². The molecule has 1 saturated carbocycles. The largest absolute Gasteiger partial charge is 0.444 e. The first-order chi connectivity index (χ1) is 11.8. The van der Waals surface area contributed by atoms with Crippen molar-refractivity contribution in [1.29, 1.82) is 0 Å². The minimum atomic E-state index is -0.824. The van der Waals surface area contributed by atoms with E-state index in [9.17, 15) is 4.79 Å². The number of nitrogens with zero attached hydrogens (tertiary/aromatic N) is 2. The summed E-state index contributed by atoms with van der Waals surface area (Å²) in [5.74, 6) is 0. The lowest BCUT2D eigenvalue weighted by Crippen LogP contribution is -2.51. The van der Waals surface area contributed by atoms with E-state index in [1.54, 1.807) is 7.05 Å². The second kappa shape index (κ2) is 7.88. The molecular formula is C20H28N2O3. The predicted molar refractivity (Wildman–Crippen MR) is 96.8 cm³/mol. The van der Waals surface area contributed by atoms with Crippen LogP contribution in [0.3, 0.4) is 0 Å². The third-order valence-corrected chi connectivity index (χ3v) is 4.56. The second-order valence-corrected chi connectivity index (χ2v) is 7.63. The molecule has 0 aromatic heterocycles. The lowest BCUT2D eigenvalue weighted by atomic mass is 9.86. The Morgan fingerprint density at radius 1 is 1.28 bits per heavy atom. The van der Waals surface area contributed by atoms with E-state index in [0.29, 0.717) is 19.4 Å². The number of amides is 1. The molecular weight excluding hydrogens is 316 g/mol. The van der Waals surface area contributed by atoms with E-state index in [4.69, 9.17) is 16.0 Å². The second-order valence-electron chi connectivity index (χ2n) is 7.63. The highest BCUT2D eigenvalue weighted by molar-refractivity contribution is 5.69. The zero-order valence-electron chi connectivity index (χ0n) is 15.6. The molecule has 0 radical (unpaired) electrons. The molecule has 2 rings (SSSR count). The maximum absolute atomic E-state index is 12.3. The van der Waals surface area contributed by atoms with Gasteiger partial charge in [0.15, 0.2) is 0 Å². The van der Waals surface area contributed by atoms with Gasteiger partial charge in [-0.1, -0.05) is 30.3 Å². The Balaban J connectivity index is 1.90. The van der Waals surface area contributed by atoms with Gasteiger partial charge in [0.1, 0.15) is 5.60 Å². The predicted octanol–water partition coefficient (Wildman–Crippen LogP) is 4.63. The summed E-state index contributed by atoms with van der Waals surface area (Å²) in [5.41, 5.74) is -0.241. The summed E-state index contributed by atoms with van der Waals surface area (Å²) in [6, 6.07) is 10.1. The number of carbonyl (C=O) groups is 1. The first-order valence-electron chi connectivity index (χ1n) is 8.77. The Bertz CT molecular complexity index is 608. The molecule has 0 heterocycles. The zero-order valence-corrected chi connectivity index (χ0v) is 15.6. The van der Waals surface area contributed by atoms with E-state index in [2.05, 4.69) is 4.85 Å². The van der Waals surface area contributed by atoms with Gasteiger partial charge in [-0.15, -0.1) is 0 Å². The molecule has 25 heavy (non-hydrogen) atoms. The van der Waals surface area contributed by atoms with Gasteiger partial charge < -0.3 is 9.47 Å². The van der Waals surface area contributed by atoms with Crippen LogP contribution in [0.5, 0.6) is 0 Å². The Hall–Kier alpha value is -2.06. The average Bonchev–Trinajstić information content (AvgIpc) is 2.59.